The Morgan fingerprint density at radius 3 is 1.77 bits per heavy atom. The van der Waals surface area contributed by atoms with Crippen LogP contribution in [0.5, 0.6) is 0 Å². The van der Waals surface area contributed by atoms with E-state index in [0.29, 0.717) is 12.8 Å². The van der Waals surface area contributed by atoms with E-state index in [1.807, 2.05) is 0 Å². The van der Waals surface area contributed by atoms with Crippen molar-refractivity contribution in [3.05, 3.63) is 11.1 Å². The Labute approximate surface area is 131 Å². The first-order chi connectivity index (χ1) is 9.96. The lowest BCUT2D eigenvalue weighted by atomic mass is 10.0. The molecule has 0 unspecified atom stereocenters. The quantitative estimate of drug-likeness (QED) is 0.305. The average molecular weight is 350 g/mol. The third-order valence-electron chi connectivity index (χ3n) is 3.35. The minimum Gasteiger partial charge on any atom is -0.362 e. The van der Waals surface area contributed by atoms with Crippen molar-refractivity contribution >= 4 is 30.8 Å². The van der Waals surface area contributed by atoms with E-state index in [2.05, 4.69) is 16.3 Å². The van der Waals surface area contributed by atoms with Gasteiger partial charge < -0.3 is 11.1 Å². The molecule has 0 bridgehead atoms. The van der Waals surface area contributed by atoms with Gasteiger partial charge in [0.25, 0.3) is 19.7 Å². The van der Waals surface area contributed by atoms with Crippen LogP contribution in [0.3, 0.4) is 0 Å². The van der Waals surface area contributed by atoms with E-state index in [1.54, 1.807) is 0 Å². The SMILES string of the molecule is C=[N+]=[N-].CC(C)(C)S(=O)(=O)C(=[N+]=[N-])S(=O)(=O)C1CCCCC1. The van der Waals surface area contributed by atoms with Gasteiger partial charge in [-0.1, -0.05) is 19.3 Å². The molecule has 0 aromatic heterocycles. The molecule has 0 aromatic carbocycles. The number of nitrogens with zero attached hydrogens (tertiary/aromatic N) is 4. The zero-order chi connectivity index (χ0) is 17.6. The highest BCUT2D eigenvalue weighted by Crippen LogP contribution is 2.28. The molecular weight excluding hydrogens is 328 g/mol. The summed E-state index contributed by atoms with van der Waals surface area (Å²) in [6.45, 7) is 6.80. The molecule has 0 radical (unpaired) electrons. The van der Waals surface area contributed by atoms with E-state index in [-0.39, 0.29) is 0 Å². The lowest BCUT2D eigenvalue weighted by molar-refractivity contribution is 0.00355. The van der Waals surface area contributed by atoms with Gasteiger partial charge in [-0.25, -0.2) is 16.8 Å². The third kappa shape index (κ3) is 4.58. The molecule has 0 amide bonds. The summed E-state index contributed by atoms with van der Waals surface area (Å²) in [5.41, 5.74) is 16.0. The fourth-order valence-electron chi connectivity index (χ4n) is 2.04. The Hall–Kier alpha value is -1.34. The number of hydrogen-bond donors (Lipinski definition) is 0. The van der Waals surface area contributed by atoms with E-state index in [1.165, 1.54) is 20.8 Å². The van der Waals surface area contributed by atoms with Crippen molar-refractivity contribution in [2.24, 2.45) is 0 Å². The normalized spacial score (nSPS) is 16.7. The van der Waals surface area contributed by atoms with Gasteiger partial charge >= 0.3 is 4.38 Å². The molecule has 10 heteroatoms. The van der Waals surface area contributed by atoms with Gasteiger partial charge in [0.15, 0.2) is 0 Å². The van der Waals surface area contributed by atoms with Crippen LogP contribution in [-0.2, 0) is 19.7 Å². The van der Waals surface area contributed by atoms with E-state index in [9.17, 15) is 16.8 Å². The van der Waals surface area contributed by atoms with Crippen LogP contribution in [0.25, 0.3) is 11.1 Å². The summed E-state index contributed by atoms with van der Waals surface area (Å²) in [5.74, 6) is 0. The lowest BCUT2D eigenvalue weighted by Crippen LogP contribution is -2.43. The lowest BCUT2D eigenvalue weighted by Gasteiger charge is -2.21. The van der Waals surface area contributed by atoms with Gasteiger partial charge in [-0.2, -0.15) is 4.79 Å². The standard InChI is InChI=1S/C11H20N2O4S2.CH2N2/c1-11(2,3)19(16,17)10(13-12)18(14,15)9-7-5-4-6-8-9;1-3-2/h9H,4-8H2,1-3H3;1H2. The maximum atomic E-state index is 12.3. The first kappa shape index (κ1) is 20.7. The van der Waals surface area contributed by atoms with E-state index in [0.717, 1.165) is 19.3 Å². The minimum atomic E-state index is -4.18. The zero-order valence-electron chi connectivity index (χ0n) is 13.1. The second-order valence-electron chi connectivity index (χ2n) is 5.93. The van der Waals surface area contributed by atoms with Crippen LogP contribution in [-0.4, -0.2) is 47.5 Å². The van der Waals surface area contributed by atoms with Crippen LogP contribution in [0.2, 0.25) is 0 Å². The summed E-state index contributed by atoms with van der Waals surface area (Å²) < 4.78 is 46.7. The molecule has 0 spiro atoms. The smallest absolute Gasteiger partial charge is 0.362 e. The summed E-state index contributed by atoms with van der Waals surface area (Å²) in [7, 11) is -8.29. The number of sulfone groups is 2. The molecule has 0 aromatic rings. The van der Waals surface area contributed by atoms with Crippen molar-refractivity contribution in [3.8, 4) is 0 Å². The van der Waals surface area contributed by atoms with Gasteiger partial charge in [0.2, 0.25) is 6.72 Å². The highest BCUT2D eigenvalue weighted by molar-refractivity contribution is 8.31. The summed E-state index contributed by atoms with van der Waals surface area (Å²) in [6.07, 6.45) is 3.28. The van der Waals surface area contributed by atoms with Crippen LogP contribution in [0.4, 0.5) is 0 Å². The fraction of sp³-hybridized carbons (Fsp3) is 0.833. The molecule has 0 saturated heterocycles. The monoisotopic (exact) mass is 350 g/mol. The zero-order valence-corrected chi connectivity index (χ0v) is 14.7. The van der Waals surface area contributed by atoms with Gasteiger partial charge in [0, 0.05) is 0 Å². The maximum absolute atomic E-state index is 12.3. The molecule has 0 atom stereocenters. The van der Waals surface area contributed by atoms with Crippen LogP contribution in [0.15, 0.2) is 0 Å². The third-order valence-corrected chi connectivity index (χ3v) is 8.78. The summed E-state index contributed by atoms with van der Waals surface area (Å²) >= 11 is 0. The molecule has 22 heavy (non-hydrogen) atoms. The molecule has 0 heterocycles. The Morgan fingerprint density at radius 1 is 1.05 bits per heavy atom. The minimum absolute atomic E-state index is 0.418. The summed E-state index contributed by atoms with van der Waals surface area (Å²) in [5, 5.41) is -0.760. The van der Waals surface area contributed by atoms with Crippen molar-refractivity contribution < 1.29 is 26.4 Å². The Bertz CT molecular complexity index is 671. The Morgan fingerprint density at radius 2 is 1.45 bits per heavy atom. The molecule has 1 rings (SSSR count). The maximum Gasteiger partial charge on any atom is 0.495 e. The highest BCUT2D eigenvalue weighted by Gasteiger charge is 2.51. The van der Waals surface area contributed by atoms with Crippen LogP contribution in [0.1, 0.15) is 52.9 Å². The van der Waals surface area contributed by atoms with Gasteiger partial charge in [-0.3, -0.25) is 0 Å². The predicted octanol–water partition coefficient (Wildman–Crippen LogP) is 1.45. The second-order valence-corrected chi connectivity index (χ2v) is 10.9. The van der Waals surface area contributed by atoms with Crippen LogP contribution in [0, 0.1) is 0 Å². The molecule has 0 N–H and O–H groups in total. The highest BCUT2D eigenvalue weighted by atomic mass is 32.3. The Balaban J connectivity index is 0.00000135. The molecule has 0 aliphatic heterocycles. The largest absolute Gasteiger partial charge is 0.495 e. The molecule has 8 nitrogen and oxygen atoms in total. The van der Waals surface area contributed by atoms with Gasteiger partial charge in [-0.05, 0) is 33.6 Å². The second kappa shape index (κ2) is 7.78. The molecular formula is C12H22N4O4S2. The van der Waals surface area contributed by atoms with Crippen LogP contribution < -0.4 is 0 Å². The summed E-state index contributed by atoms with van der Waals surface area (Å²) in [4.78, 5) is 4.86. The van der Waals surface area contributed by atoms with Gasteiger partial charge in [0.05, 0.1) is 10.00 Å². The summed E-state index contributed by atoms with van der Waals surface area (Å²) in [6, 6.07) is 0. The van der Waals surface area contributed by atoms with Gasteiger partial charge in [0.1, 0.15) is 0 Å². The van der Waals surface area contributed by atoms with Crippen molar-refractivity contribution in [2.75, 3.05) is 0 Å². The van der Waals surface area contributed by atoms with E-state index in [4.69, 9.17) is 11.1 Å². The predicted molar refractivity (Wildman–Crippen MR) is 83.8 cm³/mol. The Kier molecular flexibility index (Phi) is 7.31. The van der Waals surface area contributed by atoms with Crippen LogP contribution >= 0.6 is 0 Å². The van der Waals surface area contributed by atoms with Gasteiger partial charge in [-0.15, -0.1) is 4.79 Å². The van der Waals surface area contributed by atoms with Crippen molar-refractivity contribution in [3.63, 3.8) is 0 Å². The van der Waals surface area contributed by atoms with Crippen molar-refractivity contribution in [1.29, 1.82) is 0 Å². The average Bonchev–Trinajstić information content (AvgIpc) is 2.39. The number of rotatable bonds is 1. The topological polar surface area (TPSA) is 141 Å². The first-order valence-corrected chi connectivity index (χ1v) is 9.80. The molecule has 1 saturated carbocycles. The molecule has 1 fully saturated rings. The molecule has 1 aliphatic rings. The molecule has 126 valence electrons. The number of hydrogen-bond acceptors (Lipinski definition) is 4. The van der Waals surface area contributed by atoms with E-state index < -0.39 is 34.0 Å². The first-order valence-electron chi connectivity index (χ1n) is 6.77. The van der Waals surface area contributed by atoms with Crippen molar-refractivity contribution in [2.45, 2.75) is 62.9 Å². The van der Waals surface area contributed by atoms with Crippen molar-refractivity contribution in [1.82, 2.24) is 0 Å². The van der Waals surface area contributed by atoms with E-state index >= 15 is 0 Å². The molecule has 1 aliphatic carbocycles. The fourth-order valence-corrected chi connectivity index (χ4v) is 6.41.